The molecule has 0 saturated carbocycles. The minimum absolute atomic E-state index is 0.321. The van der Waals surface area contributed by atoms with E-state index in [1.165, 1.54) is 11.3 Å². The maximum atomic E-state index is 12.4. The summed E-state index contributed by atoms with van der Waals surface area (Å²) in [5.74, 6) is 0. The molecule has 2 heterocycles. The van der Waals surface area contributed by atoms with E-state index in [2.05, 4.69) is 34.7 Å². The zero-order valence-electron chi connectivity index (χ0n) is 16.1. The number of nitrogens with one attached hydrogen (secondary N) is 2. The van der Waals surface area contributed by atoms with Gasteiger partial charge in [0, 0.05) is 23.1 Å². The molecule has 4 aromatic rings. The van der Waals surface area contributed by atoms with Crippen molar-refractivity contribution in [2.45, 2.75) is 13.8 Å². The number of nitrogens with zero attached hydrogens (tertiary/aromatic N) is 2. The molecule has 6 heteroatoms. The molecule has 0 spiro atoms. The fourth-order valence-electron chi connectivity index (χ4n) is 3.03. The number of aromatic nitrogens is 2. The van der Waals surface area contributed by atoms with Crippen molar-refractivity contribution in [1.82, 2.24) is 9.97 Å². The molecule has 2 N–H and O–H groups in total. The van der Waals surface area contributed by atoms with E-state index in [0.717, 1.165) is 38.6 Å². The predicted octanol–water partition coefficient (Wildman–Crippen LogP) is 6.13. The summed E-state index contributed by atoms with van der Waals surface area (Å²) >= 11 is 1.45. The number of urea groups is 1. The molecule has 0 aliphatic rings. The van der Waals surface area contributed by atoms with Gasteiger partial charge in [-0.2, -0.15) is 0 Å². The highest BCUT2D eigenvalue weighted by Crippen LogP contribution is 2.39. The van der Waals surface area contributed by atoms with Gasteiger partial charge >= 0.3 is 6.03 Å². The Balaban J connectivity index is 1.68. The fourth-order valence-corrected chi connectivity index (χ4v) is 4.00. The van der Waals surface area contributed by atoms with Crippen molar-refractivity contribution in [3.63, 3.8) is 0 Å². The molecule has 2 aromatic heterocycles. The van der Waals surface area contributed by atoms with Crippen LogP contribution in [0.4, 0.5) is 15.6 Å². The van der Waals surface area contributed by atoms with Crippen molar-refractivity contribution >= 4 is 28.2 Å². The molecule has 0 aliphatic heterocycles. The summed E-state index contributed by atoms with van der Waals surface area (Å²) in [6.07, 6.45) is 1.79. The number of benzene rings is 2. The van der Waals surface area contributed by atoms with E-state index < -0.39 is 0 Å². The first kappa shape index (κ1) is 18.8. The van der Waals surface area contributed by atoms with E-state index in [4.69, 9.17) is 4.98 Å². The van der Waals surface area contributed by atoms with Crippen LogP contribution in [-0.4, -0.2) is 16.0 Å². The Morgan fingerprint density at radius 3 is 2.48 bits per heavy atom. The highest BCUT2D eigenvalue weighted by atomic mass is 32.1. The molecule has 0 bridgehead atoms. The average Bonchev–Trinajstić information content (AvgIpc) is 3.12. The molecule has 2 amide bonds. The first-order valence-electron chi connectivity index (χ1n) is 9.22. The van der Waals surface area contributed by atoms with Crippen molar-refractivity contribution in [1.29, 1.82) is 0 Å². The SMILES string of the molecule is Cc1cccc(-c2nc(NC(=O)Nc3ccccc3)sc2-c2ccnc(C)c2)c1. The summed E-state index contributed by atoms with van der Waals surface area (Å²) < 4.78 is 0. The first-order valence-corrected chi connectivity index (χ1v) is 10.0. The Morgan fingerprint density at radius 1 is 0.897 bits per heavy atom. The molecule has 0 fully saturated rings. The number of anilines is 2. The number of rotatable bonds is 4. The molecule has 4 rings (SSSR count). The van der Waals surface area contributed by atoms with E-state index in [1.54, 1.807) is 6.20 Å². The first-order chi connectivity index (χ1) is 14.1. The molecule has 29 heavy (non-hydrogen) atoms. The maximum Gasteiger partial charge on any atom is 0.325 e. The summed E-state index contributed by atoms with van der Waals surface area (Å²) in [7, 11) is 0. The number of amides is 2. The van der Waals surface area contributed by atoms with Crippen LogP contribution in [0.1, 0.15) is 11.3 Å². The monoisotopic (exact) mass is 400 g/mol. The third kappa shape index (κ3) is 4.50. The number of carbonyl (C=O) groups is 1. The molecule has 144 valence electrons. The standard InChI is InChI=1S/C23H20N4OS/c1-15-7-6-8-17(13-15)20-21(18-11-12-24-16(2)14-18)29-23(26-20)27-22(28)25-19-9-4-3-5-10-19/h3-14H,1-2H3,(H2,25,26,27,28). The highest BCUT2D eigenvalue weighted by Gasteiger charge is 2.17. The smallest absolute Gasteiger partial charge is 0.308 e. The lowest BCUT2D eigenvalue weighted by atomic mass is 10.1. The lowest BCUT2D eigenvalue weighted by Gasteiger charge is -2.04. The van der Waals surface area contributed by atoms with Gasteiger partial charge in [0.15, 0.2) is 5.13 Å². The number of aryl methyl sites for hydroxylation is 2. The quantitative estimate of drug-likeness (QED) is 0.433. The number of para-hydroxylation sites is 1. The molecule has 0 aliphatic carbocycles. The minimum Gasteiger partial charge on any atom is -0.308 e. The van der Waals surface area contributed by atoms with Crippen LogP contribution in [0.5, 0.6) is 0 Å². The Hall–Kier alpha value is -3.51. The largest absolute Gasteiger partial charge is 0.325 e. The second kappa shape index (κ2) is 8.24. The van der Waals surface area contributed by atoms with Gasteiger partial charge in [-0.25, -0.2) is 9.78 Å². The third-order valence-corrected chi connectivity index (χ3v) is 5.35. The number of carbonyl (C=O) groups excluding carboxylic acids is 1. The third-order valence-electron chi connectivity index (χ3n) is 4.33. The van der Waals surface area contributed by atoms with Gasteiger partial charge in [-0.1, -0.05) is 53.3 Å². The number of thiazole rings is 1. The van der Waals surface area contributed by atoms with Crippen LogP contribution in [0.15, 0.2) is 72.9 Å². The van der Waals surface area contributed by atoms with Gasteiger partial charge in [-0.3, -0.25) is 10.3 Å². The fraction of sp³-hybridized carbons (Fsp3) is 0.0870. The lowest BCUT2D eigenvalue weighted by Crippen LogP contribution is -2.19. The Bertz CT molecular complexity index is 1090. The lowest BCUT2D eigenvalue weighted by molar-refractivity contribution is 0.262. The van der Waals surface area contributed by atoms with E-state index in [9.17, 15) is 4.79 Å². The van der Waals surface area contributed by atoms with Crippen molar-refractivity contribution in [2.24, 2.45) is 0 Å². The molecule has 0 radical (unpaired) electrons. The van der Waals surface area contributed by atoms with Crippen molar-refractivity contribution < 1.29 is 4.79 Å². The van der Waals surface area contributed by atoms with Crippen LogP contribution in [0.25, 0.3) is 21.7 Å². The second-order valence-corrected chi connectivity index (χ2v) is 7.70. The maximum absolute atomic E-state index is 12.4. The Labute approximate surface area is 173 Å². The van der Waals surface area contributed by atoms with Gasteiger partial charge in [0.2, 0.25) is 0 Å². The zero-order chi connectivity index (χ0) is 20.2. The summed E-state index contributed by atoms with van der Waals surface area (Å²) in [4.78, 5) is 22.4. The molecule has 5 nitrogen and oxygen atoms in total. The van der Waals surface area contributed by atoms with Gasteiger partial charge in [-0.05, 0) is 49.7 Å². The van der Waals surface area contributed by atoms with Crippen LogP contribution in [-0.2, 0) is 0 Å². The van der Waals surface area contributed by atoms with Crippen LogP contribution < -0.4 is 10.6 Å². The molecule has 2 aromatic carbocycles. The van der Waals surface area contributed by atoms with Crippen LogP contribution in [0.2, 0.25) is 0 Å². The molecule has 0 saturated heterocycles. The van der Waals surface area contributed by atoms with Crippen LogP contribution >= 0.6 is 11.3 Å². The topological polar surface area (TPSA) is 66.9 Å². The number of hydrogen-bond acceptors (Lipinski definition) is 4. The van der Waals surface area contributed by atoms with Gasteiger partial charge in [0.05, 0.1) is 10.6 Å². The minimum atomic E-state index is -0.321. The van der Waals surface area contributed by atoms with Crippen LogP contribution in [0.3, 0.4) is 0 Å². The van der Waals surface area contributed by atoms with Crippen molar-refractivity contribution in [3.8, 4) is 21.7 Å². The number of pyridine rings is 1. The Morgan fingerprint density at radius 2 is 1.72 bits per heavy atom. The Kier molecular flexibility index (Phi) is 5.35. The van der Waals surface area contributed by atoms with E-state index in [0.29, 0.717) is 5.13 Å². The van der Waals surface area contributed by atoms with Gasteiger partial charge < -0.3 is 5.32 Å². The van der Waals surface area contributed by atoms with E-state index in [1.807, 2.05) is 61.5 Å². The zero-order valence-corrected chi connectivity index (χ0v) is 17.0. The molecular weight excluding hydrogens is 380 g/mol. The van der Waals surface area contributed by atoms with E-state index >= 15 is 0 Å². The molecule has 0 unspecified atom stereocenters. The van der Waals surface area contributed by atoms with Crippen molar-refractivity contribution in [2.75, 3.05) is 10.6 Å². The summed E-state index contributed by atoms with van der Waals surface area (Å²) in [5.41, 5.74) is 5.71. The molecule has 0 atom stereocenters. The summed E-state index contributed by atoms with van der Waals surface area (Å²) in [6, 6.07) is 21.2. The summed E-state index contributed by atoms with van der Waals surface area (Å²) in [6.45, 7) is 4.02. The van der Waals surface area contributed by atoms with Gasteiger partial charge in [0.25, 0.3) is 0 Å². The van der Waals surface area contributed by atoms with Gasteiger partial charge in [0.1, 0.15) is 0 Å². The molecular formula is C23H20N4OS. The number of hydrogen-bond donors (Lipinski definition) is 2. The summed E-state index contributed by atoms with van der Waals surface area (Å²) in [5, 5.41) is 6.23. The average molecular weight is 401 g/mol. The van der Waals surface area contributed by atoms with Gasteiger partial charge in [-0.15, -0.1) is 0 Å². The second-order valence-electron chi connectivity index (χ2n) is 6.70. The highest BCUT2D eigenvalue weighted by molar-refractivity contribution is 7.19. The van der Waals surface area contributed by atoms with Crippen LogP contribution in [0, 0.1) is 13.8 Å². The van der Waals surface area contributed by atoms with E-state index in [-0.39, 0.29) is 6.03 Å². The predicted molar refractivity (Wildman–Crippen MR) is 119 cm³/mol. The van der Waals surface area contributed by atoms with Crippen molar-refractivity contribution in [3.05, 3.63) is 84.2 Å². The normalized spacial score (nSPS) is 10.6.